The fourth-order valence-electron chi connectivity index (χ4n) is 5.02. The van der Waals surface area contributed by atoms with E-state index in [1.165, 1.54) is 0 Å². The van der Waals surface area contributed by atoms with E-state index in [4.69, 9.17) is 14.2 Å². The van der Waals surface area contributed by atoms with Gasteiger partial charge in [-0.25, -0.2) is 9.59 Å². The van der Waals surface area contributed by atoms with Crippen LogP contribution >= 0.6 is 0 Å². The van der Waals surface area contributed by atoms with Crippen LogP contribution in [0.2, 0.25) is 0 Å². The second kappa shape index (κ2) is 12.8. The molecule has 4 rings (SSSR count). The van der Waals surface area contributed by atoms with Crippen LogP contribution in [0.1, 0.15) is 50.4 Å². The van der Waals surface area contributed by atoms with Crippen LogP contribution in [-0.2, 0) is 27.4 Å². The highest BCUT2D eigenvalue weighted by molar-refractivity contribution is 5.72. The van der Waals surface area contributed by atoms with Crippen molar-refractivity contribution in [3.63, 3.8) is 0 Å². The molecule has 3 aromatic carbocycles. The molecular formula is C32H38N2O5. The average molecular weight is 531 g/mol. The van der Waals surface area contributed by atoms with E-state index < -0.39 is 29.9 Å². The number of nitrogens with one attached hydrogen (secondary N) is 1. The Labute approximate surface area is 231 Å². The smallest absolute Gasteiger partial charge is 0.410 e. The van der Waals surface area contributed by atoms with Gasteiger partial charge >= 0.3 is 12.2 Å². The SMILES string of the molecule is CC1C(COCc2ccccc2)C(NC(=O)OC(C)(C)C)C(c2ccccc2)N1C(=O)OCc1ccccc1. The van der Waals surface area contributed by atoms with Gasteiger partial charge in [-0.2, -0.15) is 0 Å². The monoisotopic (exact) mass is 530 g/mol. The highest BCUT2D eigenvalue weighted by Crippen LogP contribution is 2.41. The van der Waals surface area contributed by atoms with Crippen molar-refractivity contribution in [1.82, 2.24) is 10.2 Å². The maximum atomic E-state index is 13.6. The van der Waals surface area contributed by atoms with E-state index in [2.05, 4.69) is 5.32 Å². The largest absolute Gasteiger partial charge is 0.445 e. The van der Waals surface area contributed by atoms with Crippen molar-refractivity contribution in [1.29, 1.82) is 0 Å². The zero-order valence-electron chi connectivity index (χ0n) is 23.1. The predicted octanol–water partition coefficient (Wildman–Crippen LogP) is 6.49. The van der Waals surface area contributed by atoms with Gasteiger partial charge in [-0.15, -0.1) is 0 Å². The number of carbonyl (C=O) groups is 2. The fraction of sp³-hybridized carbons (Fsp3) is 0.375. The van der Waals surface area contributed by atoms with Crippen molar-refractivity contribution in [2.45, 2.75) is 64.6 Å². The molecule has 4 atom stereocenters. The highest BCUT2D eigenvalue weighted by Gasteiger charge is 2.51. The second-order valence-electron chi connectivity index (χ2n) is 10.9. The van der Waals surface area contributed by atoms with Crippen LogP contribution in [0.3, 0.4) is 0 Å². The van der Waals surface area contributed by atoms with E-state index in [1.54, 1.807) is 4.90 Å². The van der Waals surface area contributed by atoms with E-state index in [-0.39, 0.29) is 18.6 Å². The third-order valence-electron chi connectivity index (χ3n) is 6.82. The normalized spacial score (nSPS) is 20.9. The topological polar surface area (TPSA) is 77.1 Å². The Kier molecular flexibility index (Phi) is 9.25. The van der Waals surface area contributed by atoms with Crippen molar-refractivity contribution < 1.29 is 23.8 Å². The van der Waals surface area contributed by atoms with Gasteiger partial charge in [-0.3, -0.25) is 4.90 Å². The maximum Gasteiger partial charge on any atom is 0.410 e. The minimum atomic E-state index is -0.663. The summed E-state index contributed by atoms with van der Waals surface area (Å²) in [5.41, 5.74) is 2.19. The maximum absolute atomic E-state index is 13.6. The summed E-state index contributed by atoms with van der Waals surface area (Å²) < 4.78 is 17.6. The van der Waals surface area contributed by atoms with Crippen LogP contribution in [0.25, 0.3) is 0 Å². The molecule has 0 spiro atoms. The number of hydrogen-bond donors (Lipinski definition) is 1. The molecule has 1 N–H and O–H groups in total. The molecule has 7 nitrogen and oxygen atoms in total. The molecular weight excluding hydrogens is 492 g/mol. The number of nitrogens with zero attached hydrogens (tertiary/aromatic N) is 1. The Balaban J connectivity index is 1.61. The lowest BCUT2D eigenvalue weighted by molar-refractivity contribution is 0.0424. The molecule has 0 aromatic heterocycles. The first-order chi connectivity index (χ1) is 18.7. The zero-order chi connectivity index (χ0) is 27.8. The molecule has 0 saturated carbocycles. The number of carbonyl (C=O) groups excluding carboxylic acids is 2. The molecule has 1 heterocycles. The molecule has 1 fully saturated rings. The number of hydrogen-bond acceptors (Lipinski definition) is 5. The van der Waals surface area contributed by atoms with E-state index in [0.29, 0.717) is 13.2 Å². The lowest BCUT2D eigenvalue weighted by Gasteiger charge is -2.30. The molecule has 3 aromatic rings. The van der Waals surface area contributed by atoms with Crippen LogP contribution in [-0.4, -0.2) is 41.4 Å². The van der Waals surface area contributed by atoms with Crippen LogP contribution < -0.4 is 5.32 Å². The molecule has 1 aliphatic heterocycles. The Hall–Kier alpha value is -3.84. The molecule has 4 unspecified atom stereocenters. The van der Waals surface area contributed by atoms with Crippen molar-refractivity contribution in [3.8, 4) is 0 Å². The standard InChI is InChI=1S/C32H38N2O5/c1-23-27(22-37-20-24-14-8-5-9-15-24)28(33-30(35)39-32(2,3)4)29(26-18-12-7-13-19-26)34(23)31(36)38-21-25-16-10-6-11-17-25/h5-19,23,27-29H,20-22H2,1-4H3,(H,33,35). The number of benzene rings is 3. The van der Waals surface area contributed by atoms with Crippen molar-refractivity contribution in [2.24, 2.45) is 5.92 Å². The Morgan fingerprint density at radius 1 is 0.821 bits per heavy atom. The minimum absolute atomic E-state index is 0.156. The van der Waals surface area contributed by atoms with Gasteiger partial charge in [0.2, 0.25) is 0 Å². The molecule has 1 saturated heterocycles. The van der Waals surface area contributed by atoms with Gasteiger partial charge in [0.25, 0.3) is 0 Å². The van der Waals surface area contributed by atoms with Crippen molar-refractivity contribution >= 4 is 12.2 Å². The minimum Gasteiger partial charge on any atom is -0.445 e. The third-order valence-corrected chi connectivity index (χ3v) is 6.82. The Bertz CT molecular complexity index is 1200. The Morgan fingerprint density at radius 2 is 1.36 bits per heavy atom. The molecule has 2 amide bonds. The molecule has 7 heteroatoms. The lowest BCUT2D eigenvalue weighted by Crippen LogP contribution is -2.46. The molecule has 1 aliphatic rings. The number of amides is 2. The zero-order valence-corrected chi connectivity index (χ0v) is 23.1. The van der Waals surface area contributed by atoms with E-state index >= 15 is 0 Å². The number of alkyl carbamates (subject to hydrolysis) is 1. The van der Waals surface area contributed by atoms with Crippen LogP contribution in [0.15, 0.2) is 91.0 Å². The summed E-state index contributed by atoms with van der Waals surface area (Å²) in [6.45, 7) is 8.38. The highest BCUT2D eigenvalue weighted by atomic mass is 16.6. The summed E-state index contributed by atoms with van der Waals surface area (Å²) in [5.74, 6) is -0.212. The average Bonchev–Trinajstić information content (AvgIpc) is 3.18. The molecule has 0 aliphatic carbocycles. The first kappa shape index (κ1) is 28.2. The van der Waals surface area contributed by atoms with Crippen LogP contribution in [0.4, 0.5) is 9.59 Å². The number of likely N-dealkylation sites (tertiary alicyclic amines) is 1. The Morgan fingerprint density at radius 3 is 1.92 bits per heavy atom. The first-order valence-electron chi connectivity index (χ1n) is 13.4. The molecule has 0 radical (unpaired) electrons. The second-order valence-corrected chi connectivity index (χ2v) is 10.9. The summed E-state index contributed by atoms with van der Waals surface area (Å²) in [6, 6.07) is 28.0. The van der Waals surface area contributed by atoms with E-state index in [1.807, 2.05) is 119 Å². The van der Waals surface area contributed by atoms with Gasteiger partial charge in [-0.1, -0.05) is 91.0 Å². The summed E-state index contributed by atoms with van der Waals surface area (Å²) in [4.78, 5) is 28.4. The molecule has 0 bridgehead atoms. The summed E-state index contributed by atoms with van der Waals surface area (Å²) in [6.07, 6.45) is -0.977. The predicted molar refractivity (Wildman–Crippen MR) is 150 cm³/mol. The molecule has 206 valence electrons. The van der Waals surface area contributed by atoms with E-state index in [0.717, 1.165) is 16.7 Å². The quantitative estimate of drug-likeness (QED) is 0.360. The number of rotatable bonds is 8. The van der Waals surface area contributed by atoms with Crippen LogP contribution in [0.5, 0.6) is 0 Å². The van der Waals surface area contributed by atoms with Crippen LogP contribution in [0, 0.1) is 5.92 Å². The molecule has 39 heavy (non-hydrogen) atoms. The lowest BCUT2D eigenvalue weighted by atomic mass is 9.92. The van der Waals surface area contributed by atoms with Gasteiger partial charge in [0.15, 0.2) is 0 Å². The van der Waals surface area contributed by atoms with Gasteiger partial charge in [0, 0.05) is 12.0 Å². The van der Waals surface area contributed by atoms with Gasteiger partial charge in [0.05, 0.1) is 25.3 Å². The fourth-order valence-corrected chi connectivity index (χ4v) is 5.02. The number of ether oxygens (including phenoxy) is 3. The van der Waals surface area contributed by atoms with Crippen molar-refractivity contribution in [2.75, 3.05) is 6.61 Å². The van der Waals surface area contributed by atoms with Crippen molar-refractivity contribution in [3.05, 3.63) is 108 Å². The van der Waals surface area contributed by atoms with Gasteiger partial charge < -0.3 is 19.5 Å². The first-order valence-corrected chi connectivity index (χ1v) is 13.4. The summed E-state index contributed by atoms with van der Waals surface area (Å²) in [5, 5.41) is 3.08. The summed E-state index contributed by atoms with van der Waals surface area (Å²) in [7, 11) is 0. The van der Waals surface area contributed by atoms with Gasteiger partial charge in [0.1, 0.15) is 12.2 Å². The summed E-state index contributed by atoms with van der Waals surface area (Å²) >= 11 is 0. The van der Waals surface area contributed by atoms with Gasteiger partial charge in [-0.05, 0) is 44.4 Å². The third kappa shape index (κ3) is 7.60. The van der Waals surface area contributed by atoms with E-state index in [9.17, 15) is 9.59 Å².